The van der Waals surface area contributed by atoms with Crippen molar-refractivity contribution in [3.05, 3.63) is 45.6 Å². The van der Waals surface area contributed by atoms with Gasteiger partial charge in [-0.05, 0) is 31.9 Å². The molecular weight excluding hydrogens is 389 g/mol. The smallest absolute Gasteiger partial charge is 0.241 e. The number of nitrogens with zero attached hydrogens (tertiary/aromatic N) is 3. The highest BCUT2D eigenvalue weighted by molar-refractivity contribution is 6.36. The zero-order chi connectivity index (χ0) is 18.9. The van der Waals surface area contributed by atoms with Gasteiger partial charge in [0, 0.05) is 27.4 Å². The maximum absolute atomic E-state index is 12.9. The Labute approximate surface area is 166 Å². The molecule has 3 saturated heterocycles. The van der Waals surface area contributed by atoms with Crippen LogP contribution in [0.3, 0.4) is 0 Å². The van der Waals surface area contributed by atoms with E-state index in [0.29, 0.717) is 22.4 Å². The minimum Gasteiger partial charge on any atom is -0.373 e. The third-order valence-electron chi connectivity index (χ3n) is 5.85. The molecule has 1 aromatic heterocycles. The second kappa shape index (κ2) is 6.06. The highest BCUT2D eigenvalue weighted by Gasteiger charge is 2.63. The largest absolute Gasteiger partial charge is 0.373 e. The van der Waals surface area contributed by atoms with Crippen LogP contribution >= 0.6 is 23.2 Å². The van der Waals surface area contributed by atoms with Gasteiger partial charge in [0.1, 0.15) is 0 Å². The number of hydrogen-bond acceptors (Lipinski definition) is 4. The molecule has 8 heteroatoms. The van der Waals surface area contributed by atoms with Crippen LogP contribution < -0.4 is 4.90 Å². The molecule has 6 nitrogen and oxygen atoms in total. The van der Waals surface area contributed by atoms with E-state index in [0.717, 1.165) is 24.1 Å². The third-order valence-corrected chi connectivity index (χ3v) is 6.56. The predicted molar refractivity (Wildman–Crippen MR) is 99.9 cm³/mol. The molecule has 3 aliphatic heterocycles. The number of amides is 2. The summed E-state index contributed by atoms with van der Waals surface area (Å²) in [5.74, 6) is -0.755. The number of aromatic nitrogens is 2. The summed E-state index contributed by atoms with van der Waals surface area (Å²) in [6, 6.07) is 7.08. The quantitative estimate of drug-likeness (QED) is 0.735. The van der Waals surface area contributed by atoms with Crippen LogP contribution in [-0.4, -0.2) is 33.8 Å². The molecule has 0 N–H and O–H groups in total. The van der Waals surface area contributed by atoms with E-state index in [1.807, 2.05) is 6.92 Å². The van der Waals surface area contributed by atoms with Crippen molar-refractivity contribution in [3.63, 3.8) is 0 Å². The van der Waals surface area contributed by atoms with Gasteiger partial charge in [0.2, 0.25) is 11.8 Å². The fraction of sp³-hybridized carbons (Fsp3) is 0.421. The molecule has 4 heterocycles. The first kappa shape index (κ1) is 17.2. The standard InChI is InChI=1S/C19H17Cl2N3O3/c1-9-7-15(22-23(9)8-10-11(20)3-2-4-12(10)21)24-18(25)16-13-5-6-14(27-13)17(16)19(24)26/h2-4,7,13-14,16-17H,5-6,8H2,1H3/t13-,14+,16-,17-/m0/s1. The molecule has 27 heavy (non-hydrogen) atoms. The van der Waals surface area contributed by atoms with Gasteiger partial charge in [-0.15, -0.1) is 0 Å². The Morgan fingerprint density at radius 3 is 2.30 bits per heavy atom. The summed E-state index contributed by atoms with van der Waals surface area (Å²) in [5, 5.41) is 5.61. The summed E-state index contributed by atoms with van der Waals surface area (Å²) in [4.78, 5) is 27.1. The molecule has 0 spiro atoms. The van der Waals surface area contributed by atoms with Crippen molar-refractivity contribution in [2.24, 2.45) is 11.8 Å². The molecule has 2 amide bonds. The fourth-order valence-electron chi connectivity index (χ4n) is 4.53. The maximum Gasteiger partial charge on any atom is 0.241 e. The number of fused-ring (bicyclic) bond motifs is 5. The number of carbonyl (C=O) groups is 2. The lowest BCUT2D eigenvalue weighted by molar-refractivity contribution is -0.124. The molecule has 1 aromatic carbocycles. The number of aryl methyl sites for hydroxylation is 1. The first-order chi connectivity index (χ1) is 13.0. The van der Waals surface area contributed by atoms with E-state index in [-0.39, 0.29) is 35.9 Å². The molecule has 2 bridgehead atoms. The van der Waals surface area contributed by atoms with E-state index in [4.69, 9.17) is 27.9 Å². The van der Waals surface area contributed by atoms with Gasteiger partial charge in [0.15, 0.2) is 5.82 Å². The molecule has 3 aliphatic rings. The van der Waals surface area contributed by atoms with E-state index in [1.165, 1.54) is 4.90 Å². The van der Waals surface area contributed by atoms with Gasteiger partial charge < -0.3 is 4.74 Å². The third kappa shape index (κ3) is 2.47. The van der Waals surface area contributed by atoms with Gasteiger partial charge in [0.25, 0.3) is 0 Å². The number of hydrogen-bond donors (Lipinski definition) is 0. The monoisotopic (exact) mass is 405 g/mol. The lowest BCUT2D eigenvalue weighted by atomic mass is 9.81. The van der Waals surface area contributed by atoms with Crippen molar-refractivity contribution in [1.82, 2.24) is 9.78 Å². The predicted octanol–water partition coefficient (Wildman–Crippen LogP) is 3.21. The van der Waals surface area contributed by atoms with Crippen LogP contribution in [-0.2, 0) is 20.9 Å². The zero-order valence-corrected chi connectivity index (χ0v) is 16.1. The molecule has 0 saturated carbocycles. The molecule has 0 unspecified atom stereocenters. The maximum atomic E-state index is 12.9. The van der Waals surface area contributed by atoms with Crippen LogP contribution in [0.15, 0.2) is 24.3 Å². The Hall–Kier alpha value is -1.89. The molecule has 0 radical (unpaired) electrons. The van der Waals surface area contributed by atoms with Gasteiger partial charge >= 0.3 is 0 Å². The number of benzene rings is 1. The summed E-state index contributed by atoms with van der Waals surface area (Å²) in [7, 11) is 0. The summed E-state index contributed by atoms with van der Waals surface area (Å²) in [6.07, 6.45) is 1.42. The number of halogens is 2. The van der Waals surface area contributed by atoms with Crippen molar-refractivity contribution in [1.29, 1.82) is 0 Å². The van der Waals surface area contributed by atoms with Crippen molar-refractivity contribution >= 4 is 40.8 Å². The molecule has 0 aliphatic carbocycles. The molecule has 4 atom stereocenters. The average molecular weight is 406 g/mol. The van der Waals surface area contributed by atoms with Gasteiger partial charge in [-0.25, -0.2) is 4.90 Å². The fourth-order valence-corrected chi connectivity index (χ4v) is 5.05. The molecule has 140 valence electrons. The second-order valence-electron chi connectivity index (χ2n) is 7.36. The van der Waals surface area contributed by atoms with Crippen LogP contribution in [0.2, 0.25) is 10.0 Å². The van der Waals surface area contributed by atoms with Crippen LogP contribution in [0.25, 0.3) is 0 Å². The Balaban J connectivity index is 1.47. The minimum absolute atomic E-state index is 0.133. The van der Waals surface area contributed by atoms with Gasteiger partial charge in [-0.2, -0.15) is 5.10 Å². The first-order valence-corrected chi connectivity index (χ1v) is 9.72. The van der Waals surface area contributed by atoms with Crippen LogP contribution in [0, 0.1) is 18.8 Å². The molecule has 5 rings (SSSR count). The minimum atomic E-state index is -0.361. The van der Waals surface area contributed by atoms with Gasteiger partial charge in [-0.1, -0.05) is 29.3 Å². The topological polar surface area (TPSA) is 64.4 Å². The first-order valence-electron chi connectivity index (χ1n) is 8.96. The Morgan fingerprint density at radius 2 is 1.70 bits per heavy atom. The Bertz CT molecular complexity index is 925. The highest BCUT2D eigenvalue weighted by Crippen LogP contribution is 2.49. The summed E-state index contributed by atoms with van der Waals surface area (Å²) in [5.41, 5.74) is 1.57. The van der Waals surface area contributed by atoms with E-state index < -0.39 is 0 Å². The molecular formula is C19H17Cl2N3O3. The number of imide groups is 1. The Kier molecular flexibility index (Phi) is 3.86. The van der Waals surface area contributed by atoms with Gasteiger partial charge in [0.05, 0.1) is 30.6 Å². The molecule has 2 aromatic rings. The zero-order valence-electron chi connectivity index (χ0n) is 14.6. The van der Waals surface area contributed by atoms with Crippen molar-refractivity contribution in [2.45, 2.75) is 38.5 Å². The number of carbonyl (C=O) groups excluding carboxylic acids is 2. The van der Waals surface area contributed by atoms with E-state index in [9.17, 15) is 9.59 Å². The number of rotatable bonds is 3. The van der Waals surface area contributed by atoms with Crippen molar-refractivity contribution in [2.75, 3.05) is 4.90 Å². The Morgan fingerprint density at radius 1 is 1.11 bits per heavy atom. The summed E-state index contributed by atoms with van der Waals surface area (Å²) < 4.78 is 7.49. The van der Waals surface area contributed by atoms with Crippen LogP contribution in [0.1, 0.15) is 24.1 Å². The van der Waals surface area contributed by atoms with E-state index in [2.05, 4.69) is 5.10 Å². The van der Waals surface area contributed by atoms with Crippen LogP contribution in [0.4, 0.5) is 5.82 Å². The van der Waals surface area contributed by atoms with Crippen molar-refractivity contribution in [3.8, 4) is 0 Å². The SMILES string of the molecule is Cc1cc(N2C(=O)[C@@H]3[C@@H](C2=O)[C@H]2CC[C@@H]3O2)nn1Cc1c(Cl)cccc1Cl. The van der Waals surface area contributed by atoms with E-state index >= 15 is 0 Å². The number of anilines is 1. The van der Waals surface area contributed by atoms with E-state index in [1.54, 1.807) is 28.9 Å². The normalized spacial score (nSPS) is 29.1. The summed E-state index contributed by atoms with van der Waals surface area (Å²) in [6.45, 7) is 2.24. The van der Waals surface area contributed by atoms with Crippen LogP contribution in [0.5, 0.6) is 0 Å². The average Bonchev–Trinajstić information content (AvgIpc) is 3.36. The summed E-state index contributed by atoms with van der Waals surface area (Å²) >= 11 is 12.5. The van der Waals surface area contributed by atoms with Gasteiger partial charge in [-0.3, -0.25) is 14.3 Å². The molecule has 3 fully saturated rings. The number of ether oxygens (including phenoxy) is 1. The lowest BCUT2D eigenvalue weighted by Gasteiger charge is -2.15. The second-order valence-corrected chi connectivity index (χ2v) is 8.17. The van der Waals surface area contributed by atoms with Crippen molar-refractivity contribution < 1.29 is 14.3 Å². The highest BCUT2D eigenvalue weighted by atomic mass is 35.5. The lowest BCUT2D eigenvalue weighted by Crippen LogP contribution is -2.34.